The minimum Gasteiger partial charge on any atom is -0.299 e. The lowest BCUT2D eigenvalue weighted by molar-refractivity contribution is -0.124. The molecule has 6 heteroatoms. The maximum atomic E-state index is 11.2. The van der Waals surface area contributed by atoms with Gasteiger partial charge in [-0.05, 0) is 54.1 Å². The first kappa shape index (κ1) is 20.1. The smallest absolute Gasteiger partial charge is 0.267 e. The normalized spacial score (nSPS) is 14.4. The average molecular weight is 402 g/mol. The molecular formula is C24H26N4O2. The molecule has 154 valence electrons. The van der Waals surface area contributed by atoms with Gasteiger partial charge in [-0.1, -0.05) is 48.5 Å². The fraction of sp³-hybridized carbons (Fsp3) is 0.250. The van der Waals surface area contributed by atoms with E-state index >= 15 is 0 Å². The molecule has 1 aliphatic rings. The molecule has 0 atom stereocenters. The number of hydroxylamine groups is 1. The van der Waals surface area contributed by atoms with Crippen molar-refractivity contribution in [2.75, 3.05) is 13.1 Å². The highest BCUT2D eigenvalue weighted by Gasteiger charge is 2.16. The van der Waals surface area contributed by atoms with Gasteiger partial charge in [0.25, 0.3) is 5.91 Å². The SMILES string of the molecule is O=C(C=Cc1ccc2c(c1)CCCN(CCc1c[nH]nc1-c1ccccc1)C2)NO. The van der Waals surface area contributed by atoms with Crippen molar-refractivity contribution in [1.29, 1.82) is 0 Å². The van der Waals surface area contributed by atoms with Crippen molar-refractivity contribution in [3.8, 4) is 11.3 Å². The van der Waals surface area contributed by atoms with Crippen LogP contribution in [0.4, 0.5) is 0 Å². The third-order valence-electron chi connectivity index (χ3n) is 5.55. The van der Waals surface area contributed by atoms with Crippen LogP contribution in [-0.2, 0) is 24.2 Å². The first-order valence-electron chi connectivity index (χ1n) is 10.3. The molecule has 0 spiro atoms. The number of benzene rings is 2. The van der Waals surface area contributed by atoms with E-state index in [0.29, 0.717) is 0 Å². The quantitative estimate of drug-likeness (QED) is 0.334. The van der Waals surface area contributed by atoms with Gasteiger partial charge in [-0.3, -0.25) is 20.0 Å². The molecule has 0 saturated heterocycles. The number of aromatic nitrogens is 2. The summed E-state index contributed by atoms with van der Waals surface area (Å²) in [6.07, 6.45) is 8.15. The summed E-state index contributed by atoms with van der Waals surface area (Å²) in [7, 11) is 0. The molecule has 2 aromatic carbocycles. The Labute approximate surface area is 176 Å². The van der Waals surface area contributed by atoms with Crippen LogP contribution in [0.5, 0.6) is 0 Å². The number of nitrogens with one attached hydrogen (secondary N) is 2. The number of H-pyrrole nitrogens is 1. The Hall–Kier alpha value is -3.22. The molecule has 0 bridgehead atoms. The summed E-state index contributed by atoms with van der Waals surface area (Å²) < 4.78 is 0. The Morgan fingerprint density at radius 1 is 1.20 bits per heavy atom. The molecule has 2 heterocycles. The number of hydrogen-bond acceptors (Lipinski definition) is 4. The Bertz CT molecular complexity index is 1030. The summed E-state index contributed by atoms with van der Waals surface area (Å²) in [5, 5.41) is 16.1. The molecule has 3 aromatic rings. The average Bonchev–Trinajstić information content (AvgIpc) is 3.16. The van der Waals surface area contributed by atoms with Crippen molar-refractivity contribution < 1.29 is 10.0 Å². The van der Waals surface area contributed by atoms with Gasteiger partial charge in [0.2, 0.25) is 0 Å². The highest BCUT2D eigenvalue weighted by molar-refractivity contribution is 5.90. The molecule has 30 heavy (non-hydrogen) atoms. The van der Waals surface area contributed by atoms with Gasteiger partial charge in [0, 0.05) is 30.9 Å². The Morgan fingerprint density at radius 2 is 2.07 bits per heavy atom. The number of aryl methyl sites for hydroxylation is 1. The maximum Gasteiger partial charge on any atom is 0.267 e. The Balaban J connectivity index is 1.42. The van der Waals surface area contributed by atoms with Crippen molar-refractivity contribution in [2.24, 2.45) is 0 Å². The van der Waals surface area contributed by atoms with Crippen LogP contribution in [-0.4, -0.2) is 39.3 Å². The molecule has 0 fully saturated rings. The summed E-state index contributed by atoms with van der Waals surface area (Å²) in [5.74, 6) is -0.523. The highest BCUT2D eigenvalue weighted by atomic mass is 16.5. The molecule has 0 aliphatic carbocycles. The number of fused-ring (bicyclic) bond motifs is 1. The molecule has 0 unspecified atom stereocenters. The molecule has 0 saturated carbocycles. The second kappa shape index (κ2) is 9.52. The van der Waals surface area contributed by atoms with E-state index in [2.05, 4.69) is 39.4 Å². The van der Waals surface area contributed by atoms with E-state index in [1.165, 1.54) is 22.8 Å². The van der Waals surface area contributed by atoms with E-state index < -0.39 is 5.91 Å². The number of carbonyl (C=O) groups is 1. The summed E-state index contributed by atoms with van der Waals surface area (Å²) in [6.45, 7) is 2.97. The monoisotopic (exact) mass is 402 g/mol. The number of amides is 1. The van der Waals surface area contributed by atoms with Gasteiger partial charge in [0.15, 0.2) is 0 Å². The largest absolute Gasteiger partial charge is 0.299 e. The maximum absolute atomic E-state index is 11.2. The predicted octanol–water partition coefficient (Wildman–Crippen LogP) is 3.59. The van der Waals surface area contributed by atoms with Crippen molar-refractivity contribution in [1.82, 2.24) is 20.6 Å². The lowest BCUT2D eigenvalue weighted by atomic mass is 10.0. The summed E-state index contributed by atoms with van der Waals surface area (Å²) in [6, 6.07) is 16.6. The van der Waals surface area contributed by atoms with Crippen molar-refractivity contribution >= 4 is 12.0 Å². The minimum atomic E-state index is -0.523. The van der Waals surface area contributed by atoms with Gasteiger partial charge in [-0.2, -0.15) is 5.10 Å². The van der Waals surface area contributed by atoms with E-state index in [9.17, 15) is 4.79 Å². The van der Waals surface area contributed by atoms with Gasteiger partial charge in [0.1, 0.15) is 0 Å². The fourth-order valence-corrected chi connectivity index (χ4v) is 3.98. The Morgan fingerprint density at radius 3 is 2.90 bits per heavy atom. The van der Waals surface area contributed by atoms with E-state index in [1.807, 2.05) is 30.5 Å². The summed E-state index contributed by atoms with van der Waals surface area (Å²) in [5.41, 5.74) is 8.68. The van der Waals surface area contributed by atoms with Crippen LogP contribution in [0.1, 0.15) is 28.7 Å². The summed E-state index contributed by atoms with van der Waals surface area (Å²) in [4.78, 5) is 13.7. The number of rotatable bonds is 6. The van der Waals surface area contributed by atoms with E-state index in [0.717, 1.165) is 55.7 Å². The molecule has 1 amide bonds. The standard InChI is InChI=1S/C24H26N4O2/c29-23(27-30)11-9-18-8-10-22-17-28(13-4-7-20(22)15-18)14-12-21-16-25-26-24(21)19-5-2-1-3-6-19/h1-3,5-6,8-11,15-16,30H,4,7,12-14,17H2,(H,25,26)(H,27,29). The molecule has 1 aliphatic heterocycles. The van der Waals surface area contributed by atoms with Crippen LogP contribution in [0.3, 0.4) is 0 Å². The number of hydrogen-bond donors (Lipinski definition) is 3. The molecule has 0 radical (unpaired) electrons. The third-order valence-corrected chi connectivity index (χ3v) is 5.55. The number of aromatic amines is 1. The van der Waals surface area contributed by atoms with Gasteiger partial charge in [-0.15, -0.1) is 0 Å². The zero-order valence-electron chi connectivity index (χ0n) is 16.8. The molecular weight excluding hydrogens is 376 g/mol. The molecule has 6 nitrogen and oxygen atoms in total. The van der Waals surface area contributed by atoms with Gasteiger partial charge in [0.05, 0.1) is 5.69 Å². The molecule has 3 N–H and O–H groups in total. The second-order valence-corrected chi connectivity index (χ2v) is 7.59. The van der Waals surface area contributed by atoms with E-state index in [-0.39, 0.29) is 0 Å². The van der Waals surface area contributed by atoms with Gasteiger partial charge < -0.3 is 0 Å². The Kier molecular flexibility index (Phi) is 6.37. The highest BCUT2D eigenvalue weighted by Crippen LogP contribution is 2.24. The van der Waals surface area contributed by atoms with Crippen molar-refractivity contribution in [3.05, 3.63) is 83.1 Å². The van der Waals surface area contributed by atoms with Crippen LogP contribution >= 0.6 is 0 Å². The third kappa shape index (κ3) is 4.84. The first-order chi connectivity index (χ1) is 14.7. The van der Waals surface area contributed by atoms with Crippen LogP contribution in [0.2, 0.25) is 0 Å². The molecule has 1 aromatic heterocycles. The van der Waals surface area contributed by atoms with Gasteiger partial charge >= 0.3 is 0 Å². The van der Waals surface area contributed by atoms with Crippen LogP contribution in [0.25, 0.3) is 17.3 Å². The van der Waals surface area contributed by atoms with Crippen molar-refractivity contribution in [3.63, 3.8) is 0 Å². The van der Waals surface area contributed by atoms with E-state index in [4.69, 9.17) is 5.21 Å². The lowest BCUT2D eigenvalue weighted by Gasteiger charge is -2.20. The number of carbonyl (C=O) groups excluding carboxylic acids is 1. The topological polar surface area (TPSA) is 81.2 Å². The zero-order chi connectivity index (χ0) is 20.8. The second-order valence-electron chi connectivity index (χ2n) is 7.59. The zero-order valence-corrected chi connectivity index (χ0v) is 16.8. The van der Waals surface area contributed by atoms with E-state index in [1.54, 1.807) is 11.6 Å². The van der Waals surface area contributed by atoms with Gasteiger partial charge in [-0.25, -0.2) is 5.48 Å². The fourth-order valence-electron chi connectivity index (χ4n) is 3.98. The first-order valence-corrected chi connectivity index (χ1v) is 10.3. The lowest BCUT2D eigenvalue weighted by Crippen LogP contribution is -2.25. The predicted molar refractivity (Wildman–Crippen MR) is 117 cm³/mol. The van der Waals surface area contributed by atoms with Crippen LogP contribution < -0.4 is 5.48 Å². The van der Waals surface area contributed by atoms with Crippen molar-refractivity contribution in [2.45, 2.75) is 25.8 Å². The summed E-state index contributed by atoms with van der Waals surface area (Å²) >= 11 is 0. The van der Waals surface area contributed by atoms with Crippen LogP contribution in [0.15, 0.2) is 60.8 Å². The van der Waals surface area contributed by atoms with Crippen LogP contribution in [0, 0.1) is 0 Å². The minimum absolute atomic E-state index is 0.523. The number of nitrogens with zero attached hydrogens (tertiary/aromatic N) is 2. The molecule has 4 rings (SSSR count).